The highest BCUT2D eigenvalue weighted by molar-refractivity contribution is 9.10. The summed E-state index contributed by atoms with van der Waals surface area (Å²) >= 11 is 3.45. The van der Waals surface area contributed by atoms with E-state index >= 15 is 0 Å². The van der Waals surface area contributed by atoms with Crippen LogP contribution in [0, 0.1) is 5.92 Å². The van der Waals surface area contributed by atoms with E-state index in [-0.39, 0.29) is 6.61 Å². The minimum absolute atomic E-state index is 0.0526. The zero-order valence-electron chi connectivity index (χ0n) is 10.1. The summed E-state index contributed by atoms with van der Waals surface area (Å²) < 4.78 is 0.955. The van der Waals surface area contributed by atoms with Crippen molar-refractivity contribution in [3.8, 4) is 0 Å². The van der Waals surface area contributed by atoms with Crippen LogP contribution in [0.25, 0.3) is 0 Å². The van der Waals surface area contributed by atoms with E-state index in [2.05, 4.69) is 42.0 Å². The number of benzene rings is 1. The molecule has 2 atom stereocenters. The Morgan fingerprint density at radius 3 is 2.62 bits per heavy atom. The van der Waals surface area contributed by atoms with Gasteiger partial charge in [-0.1, -0.05) is 42.3 Å². The second-order valence-corrected chi connectivity index (χ2v) is 5.10. The molecule has 1 aromatic carbocycles. The van der Waals surface area contributed by atoms with E-state index in [0.717, 1.165) is 22.1 Å². The maximum absolute atomic E-state index is 9.34. The van der Waals surface area contributed by atoms with Gasteiger partial charge in [-0.05, 0) is 25.0 Å². The Morgan fingerprint density at radius 2 is 2.06 bits per heavy atom. The Kier molecular flexibility index (Phi) is 5.29. The van der Waals surface area contributed by atoms with Crippen molar-refractivity contribution >= 4 is 21.6 Å². The molecule has 0 heterocycles. The number of nitrogens with one attached hydrogen (secondary N) is 1. The van der Waals surface area contributed by atoms with Crippen molar-refractivity contribution in [3.05, 3.63) is 28.2 Å². The van der Waals surface area contributed by atoms with Gasteiger partial charge in [-0.3, -0.25) is 0 Å². The highest BCUT2D eigenvalue weighted by Gasteiger charge is 2.12. The number of halogens is 1. The lowest BCUT2D eigenvalue weighted by atomic mass is 10.00. The molecule has 2 nitrogen and oxygen atoms in total. The van der Waals surface area contributed by atoms with Crippen LogP contribution in [0.5, 0.6) is 0 Å². The lowest BCUT2D eigenvalue weighted by molar-refractivity contribution is 0.281. The fraction of sp³-hybridized carbons (Fsp3) is 0.538. The van der Waals surface area contributed by atoms with Crippen LogP contribution in [0.4, 0.5) is 5.69 Å². The molecule has 1 rings (SSSR count). The summed E-state index contributed by atoms with van der Waals surface area (Å²) in [5.74, 6) is 0.616. The van der Waals surface area contributed by atoms with Crippen LogP contribution < -0.4 is 5.32 Å². The molecule has 1 aromatic rings. The second kappa shape index (κ2) is 6.26. The summed E-state index contributed by atoms with van der Waals surface area (Å²) in [5.41, 5.74) is 1.95. The number of hydrogen-bond donors (Lipinski definition) is 2. The van der Waals surface area contributed by atoms with E-state index in [1.165, 1.54) is 0 Å². The van der Waals surface area contributed by atoms with Gasteiger partial charge in [0, 0.05) is 21.8 Å². The number of rotatable bonds is 5. The Balaban J connectivity index is 2.84. The smallest absolute Gasteiger partial charge is 0.0713 e. The van der Waals surface area contributed by atoms with E-state index in [0.29, 0.717) is 12.0 Å². The Bertz CT molecular complexity index is 341. The first-order valence-electron chi connectivity index (χ1n) is 5.74. The monoisotopic (exact) mass is 285 g/mol. The van der Waals surface area contributed by atoms with Crippen molar-refractivity contribution in [2.45, 2.75) is 39.8 Å². The molecule has 3 heteroatoms. The predicted molar refractivity (Wildman–Crippen MR) is 72.6 cm³/mol. The van der Waals surface area contributed by atoms with Crippen molar-refractivity contribution in [3.63, 3.8) is 0 Å². The van der Waals surface area contributed by atoms with Crippen LogP contribution in [0.1, 0.15) is 32.8 Å². The lowest BCUT2D eigenvalue weighted by Crippen LogP contribution is -2.23. The van der Waals surface area contributed by atoms with Crippen LogP contribution in [0.15, 0.2) is 22.7 Å². The van der Waals surface area contributed by atoms with E-state index in [9.17, 15) is 5.11 Å². The fourth-order valence-electron chi connectivity index (χ4n) is 1.60. The van der Waals surface area contributed by atoms with Crippen molar-refractivity contribution in [1.82, 2.24) is 0 Å². The van der Waals surface area contributed by atoms with Crippen molar-refractivity contribution < 1.29 is 5.11 Å². The molecule has 0 saturated carbocycles. The van der Waals surface area contributed by atoms with Crippen molar-refractivity contribution in [1.29, 1.82) is 0 Å². The van der Waals surface area contributed by atoms with Gasteiger partial charge in [-0.2, -0.15) is 0 Å². The molecule has 0 amide bonds. The molecule has 0 radical (unpaired) electrons. The van der Waals surface area contributed by atoms with Gasteiger partial charge in [0.15, 0.2) is 0 Å². The maximum atomic E-state index is 9.34. The zero-order valence-corrected chi connectivity index (χ0v) is 11.7. The van der Waals surface area contributed by atoms with Gasteiger partial charge in [0.05, 0.1) is 6.61 Å². The molecule has 0 fully saturated rings. The molecule has 0 spiro atoms. The zero-order chi connectivity index (χ0) is 12.1. The molecule has 0 aromatic heterocycles. The summed E-state index contributed by atoms with van der Waals surface area (Å²) in [7, 11) is 0. The Labute approximate surface area is 106 Å². The molecule has 2 N–H and O–H groups in total. The van der Waals surface area contributed by atoms with E-state index < -0.39 is 0 Å². The third kappa shape index (κ3) is 3.22. The molecule has 90 valence electrons. The first kappa shape index (κ1) is 13.5. The summed E-state index contributed by atoms with van der Waals surface area (Å²) in [5, 5.41) is 12.8. The minimum atomic E-state index is 0.0526. The normalized spacial score (nSPS) is 14.6. The summed E-state index contributed by atoms with van der Waals surface area (Å²) in [6, 6.07) is 6.35. The number of aliphatic hydroxyl groups excluding tert-OH is 1. The predicted octanol–water partition coefficient (Wildman–Crippen LogP) is 3.79. The number of aliphatic hydroxyl groups is 1. The van der Waals surface area contributed by atoms with Gasteiger partial charge in [0.2, 0.25) is 0 Å². The molecule has 0 aliphatic rings. The molecule has 2 unspecified atom stereocenters. The van der Waals surface area contributed by atoms with Crippen LogP contribution in [-0.4, -0.2) is 11.1 Å². The summed E-state index contributed by atoms with van der Waals surface area (Å²) in [6.07, 6.45) is 1.15. The van der Waals surface area contributed by atoms with Crippen LogP contribution in [0.3, 0.4) is 0 Å². The Hall–Kier alpha value is -0.540. The second-order valence-electron chi connectivity index (χ2n) is 4.24. The van der Waals surface area contributed by atoms with Gasteiger partial charge in [-0.15, -0.1) is 0 Å². The lowest BCUT2D eigenvalue weighted by Gasteiger charge is -2.23. The van der Waals surface area contributed by atoms with Crippen LogP contribution in [0.2, 0.25) is 0 Å². The first-order valence-corrected chi connectivity index (χ1v) is 6.54. The topological polar surface area (TPSA) is 32.3 Å². The van der Waals surface area contributed by atoms with E-state index in [4.69, 9.17) is 0 Å². The van der Waals surface area contributed by atoms with Crippen LogP contribution in [-0.2, 0) is 6.61 Å². The van der Waals surface area contributed by atoms with Gasteiger partial charge < -0.3 is 10.4 Å². The average Bonchev–Trinajstić information content (AvgIpc) is 2.28. The van der Waals surface area contributed by atoms with Crippen molar-refractivity contribution in [2.75, 3.05) is 5.32 Å². The molecule has 0 saturated heterocycles. The largest absolute Gasteiger partial charge is 0.392 e. The average molecular weight is 286 g/mol. The van der Waals surface area contributed by atoms with Crippen molar-refractivity contribution in [2.24, 2.45) is 5.92 Å². The first-order chi connectivity index (χ1) is 7.60. The van der Waals surface area contributed by atoms with E-state index in [1.807, 2.05) is 18.2 Å². The standard InChI is InChI=1S/C13H20BrNO/c1-4-9(2)10(3)15-13-7-5-6-12(14)11(13)8-16/h5-7,9-10,15-16H,4,8H2,1-3H3. The minimum Gasteiger partial charge on any atom is -0.392 e. The maximum Gasteiger partial charge on any atom is 0.0713 e. The highest BCUT2D eigenvalue weighted by atomic mass is 79.9. The third-order valence-electron chi connectivity index (χ3n) is 3.16. The Morgan fingerprint density at radius 1 is 1.38 bits per heavy atom. The number of hydrogen-bond acceptors (Lipinski definition) is 2. The summed E-state index contributed by atoms with van der Waals surface area (Å²) in [4.78, 5) is 0. The van der Waals surface area contributed by atoms with Gasteiger partial charge in [0.1, 0.15) is 0 Å². The molecule has 16 heavy (non-hydrogen) atoms. The SMILES string of the molecule is CCC(C)C(C)Nc1cccc(Br)c1CO. The van der Waals surface area contributed by atoms with Gasteiger partial charge >= 0.3 is 0 Å². The highest BCUT2D eigenvalue weighted by Crippen LogP contribution is 2.26. The van der Waals surface area contributed by atoms with Crippen LogP contribution >= 0.6 is 15.9 Å². The molecule has 0 aliphatic heterocycles. The van der Waals surface area contributed by atoms with E-state index in [1.54, 1.807) is 0 Å². The van der Waals surface area contributed by atoms with Gasteiger partial charge in [0.25, 0.3) is 0 Å². The quantitative estimate of drug-likeness (QED) is 0.863. The molecular formula is C13H20BrNO. The molecule has 0 aliphatic carbocycles. The third-order valence-corrected chi connectivity index (χ3v) is 3.90. The number of anilines is 1. The summed E-state index contributed by atoms with van der Waals surface area (Å²) in [6.45, 7) is 6.65. The fourth-order valence-corrected chi connectivity index (χ4v) is 2.09. The van der Waals surface area contributed by atoms with Gasteiger partial charge in [-0.25, -0.2) is 0 Å². The molecule has 0 bridgehead atoms. The molecular weight excluding hydrogens is 266 g/mol.